The van der Waals surface area contributed by atoms with Crippen molar-refractivity contribution in [1.29, 1.82) is 0 Å². The number of carbonyl (C=O) groups is 2. The quantitative estimate of drug-likeness (QED) is 0.674. The van der Waals surface area contributed by atoms with Crippen LogP contribution < -0.4 is 10.2 Å². The van der Waals surface area contributed by atoms with E-state index in [0.29, 0.717) is 11.4 Å². The summed E-state index contributed by atoms with van der Waals surface area (Å²) in [5, 5.41) is 12.7. The number of aryl methyl sites for hydroxylation is 1. The van der Waals surface area contributed by atoms with Crippen LogP contribution in [0.5, 0.6) is 5.75 Å². The first-order valence-electron chi connectivity index (χ1n) is 7.05. The number of amides is 2. The van der Waals surface area contributed by atoms with Crippen LogP contribution in [0.3, 0.4) is 0 Å². The Labute approximate surface area is 128 Å². The van der Waals surface area contributed by atoms with Gasteiger partial charge in [0.25, 0.3) is 5.91 Å². The summed E-state index contributed by atoms with van der Waals surface area (Å²) < 4.78 is 0. The van der Waals surface area contributed by atoms with E-state index in [9.17, 15) is 14.7 Å². The first-order valence-corrected chi connectivity index (χ1v) is 7.05. The summed E-state index contributed by atoms with van der Waals surface area (Å²) in [6.45, 7) is 1.86. The van der Waals surface area contributed by atoms with E-state index in [-0.39, 0.29) is 24.0 Å². The molecule has 0 radical (unpaired) electrons. The summed E-state index contributed by atoms with van der Waals surface area (Å²) in [5.41, 5.74) is 1.92. The maximum Gasteiger partial charge on any atom is 0.256 e. The maximum absolute atomic E-state index is 12.5. The van der Waals surface area contributed by atoms with Crippen LogP contribution in [0.15, 0.2) is 48.5 Å². The number of phenols is 1. The third-order valence-corrected chi connectivity index (χ3v) is 3.74. The molecule has 2 amide bonds. The molecule has 112 valence electrons. The van der Waals surface area contributed by atoms with E-state index in [0.717, 1.165) is 5.56 Å². The zero-order chi connectivity index (χ0) is 15.7. The number of hydrogen-bond acceptors (Lipinski definition) is 4. The fourth-order valence-corrected chi connectivity index (χ4v) is 2.60. The molecule has 3 rings (SSSR count). The number of anilines is 2. The normalized spacial score (nSPS) is 17.9. The Kier molecular flexibility index (Phi) is 3.55. The summed E-state index contributed by atoms with van der Waals surface area (Å²) in [6.07, 6.45) is 0.0709. The van der Waals surface area contributed by atoms with Gasteiger partial charge < -0.3 is 10.4 Å². The molecule has 1 fully saturated rings. The first-order chi connectivity index (χ1) is 10.6. The third kappa shape index (κ3) is 2.41. The molecule has 1 aliphatic rings. The van der Waals surface area contributed by atoms with E-state index in [2.05, 4.69) is 5.32 Å². The molecule has 0 saturated carbocycles. The van der Waals surface area contributed by atoms with Crippen LogP contribution in [0.4, 0.5) is 11.4 Å². The zero-order valence-corrected chi connectivity index (χ0v) is 12.1. The van der Waals surface area contributed by atoms with Gasteiger partial charge in [-0.2, -0.15) is 0 Å². The molecule has 5 nitrogen and oxygen atoms in total. The Hall–Kier alpha value is -2.82. The lowest BCUT2D eigenvalue weighted by Crippen LogP contribution is -2.35. The van der Waals surface area contributed by atoms with Crippen LogP contribution in [-0.2, 0) is 9.59 Å². The lowest BCUT2D eigenvalue weighted by atomic mass is 10.2. The van der Waals surface area contributed by atoms with Gasteiger partial charge in [-0.1, -0.05) is 30.3 Å². The van der Waals surface area contributed by atoms with Crippen LogP contribution in [0.25, 0.3) is 0 Å². The highest BCUT2D eigenvalue weighted by molar-refractivity contribution is 6.23. The number of benzene rings is 2. The first kappa shape index (κ1) is 14.1. The summed E-state index contributed by atoms with van der Waals surface area (Å²) in [4.78, 5) is 26.0. The van der Waals surface area contributed by atoms with Crippen LogP contribution in [0.2, 0.25) is 0 Å². The summed E-state index contributed by atoms with van der Waals surface area (Å²) >= 11 is 0. The molecule has 1 unspecified atom stereocenters. The minimum atomic E-state index is -0.666. The van der Waals surface area contributed by atoms with Gasteiger partial charge in [0.15, 0.2) is 0 Å². The van der Waals surface area contributed by atoms with Gasteiger partial charge in [-0.15, -0.1) is 0 Å². The second-order valence-electron chi connectivity index (χ2n) is 5.27. The molecule has 22 heavy (non-hydrogen) atoms. The molecule has 1 aliphatic heterocycles. The van der Waals surface area contributed by atoms with Gasteiger partial charge in [-0.05, 0) is 30.7 Å². The van der Waals surface area contributed by atoms with Crippen LogP contribution in [-0.4, -0.2) is 23.0 Å². The molecule has 2 N–H and O–H groups in total. The fraction of sp³-hybridized carbons (Fsp3) is 0.176. The average molecular weight is 296 g/mol. The number of aromatic hydroxyl groups is 1. The van der Waals surface area contributed by atoms with Crippen LogP contribution in [0.1, 0.15) is 12.0 Å². The van der Waals surface area contributed by atoms with Crippen molar-refractivity contribution >= 4 is 23.2 Å². The predicted molar refractivity (Wildman–Crippen MR) is 83.8 cm³/mol. The molecule has 2 aromatic carbocycles. The van der Waals surface area contributed by atoms with Gasteiger partial charge in [0, 0.05) is 0 Å². The predicted octanol–water partition coefficient (Wildman–Crippen LogP) is 2.44. The van der Waals surface area contributed by atoms with Crippen molar-refractivity contribution in [3.05, 3.63) is 54.1 Å². The minimum absolute atomic E-state index is 0.0529. The van der Waals surface area contributed by atoms with Gasteiger partial charge in [0.1, 0.15) is 11.8 Å². The Morgan fingerprint density at radius 2 is 1.77 bits per heavy atom. The number of rotatable bonds is 3. The molecule has 0 spiro atoms. The summed E-state index contributed by atoms with van der Waals surface area (Å²) in [5.74, 6) is -0.494. The molecular weight excluding hydrogens is 280 g/mol. The van der Waals surface area contributed by atoms with Crippen molar-refractivity contribution in [2.24, 2.45) is 0 Å². The smallest absolute Gasteiger partial charge is 0.256 e. The fourth-order valence-electron chi connectivity index (χ4n) is 2.60. The molecule has 0 aliphatic carbocycles. The van der Waals surface area contributed by atoms with E-state index in [4.69, 9.17) is 0 Å². The average Bonchev–Trinajstić information content (AvgIpc) is 2.77. The molecule has 1 saturated heterocycles. The van der Waals surface area contributed by atoms with Crippen molar-refractivity contribution < 1.29 is 14.7 Å². The van der Waals surface area contributed by atoms with Gasteiger partial charge >= 0.3 is 0 Å². The highest BCUT2D eigenvalue weighted by Gasteiger charge is 2.40. The number of phenolic OH excluding ortho intramolecular Hbond substituents is 1. The zero-order valence-electron chi connectivity index (χ0n) is 12.1. The van der Waals surface area contributed by atoms with Crippen molar-refractivity contribution in [2.75, 3.05) is 10.2 Å². The standard InChI is InChI=1S/C17H16N2O3/c1-11-6-2-4-8-14(11)19-16(21)10-13(17(19)22)18-12-7-3-5-9-15(12)20/h2-9,13,18,20H,10H2,1H3. The molecule has 1 atom stereocenters. The molecule has 0 aromatic heterocycles. The number of nitrogens with one attached hydrogen (secondary N) is 1. The van der Waals surface area contributed by atoms with Gasteiger partial charge in [-0.3, -0.25) is 9.59 Å². The molecule has 0 bridgehead atoms. The lowest BCUT2D eigenvalue weighted by molar-refractivity contribution is -0.121. The molecule has 2 aromatic rings. The van der Waals surface area contributed by atoms with E-state index in [1.165, 1.54) is 11.0 Å². The number of carbonyl (C=O) groups excluding carboxylic acids is 2. The van der Waals surface area contributed by atoms with Crippen molar-refractivity contribution in [3.8, 4) is 5.75 Å². The monoisotopic (exact) mass is 296 g/mol. The number of nitrogens with zero attached hydrogens (tertiary/aromatic N) is 1. The van der Waals surface area contributed by atoms with Crippen LogP contribution >= 0.6 is 0 Å². The minimum Gasteiger partial charge on any atom is -0.506 e. The summed E-state index contributed by atoms with van der Waals surface area (Å²) in [7, 11) is 0. The molecule has 1 heterocycles. The topological polar surface area (TPSA) is 69.6 Å². The Balaban J connectivity index is 1.86. The summed E-state index contributed by atoms with van der Waals surface area (Å²) in [6, 6.07) is 13.3. The van der Waals surface area contributed by atoms with E-state index < -0.39 is 6.04 Å². The number of hydrogen-bond donors (Lipinski definition) is 2. The molecular formula is C17H16N2O3. The third-order valence-electron chi connectivity index (χ3n) is 3.74. The van der Waals surface area contributed by atoms with Crippen LogP contribution in [0, 0.1) is 6.92 Å². The van der Waals surface area contributed by atoms with Gasteiger partial charge in [0.05, 0.1) is 17.8 Å². The van der Waals surface area contributed by atoms with Gasteiger partial charge in [0.2, 0.25) is 5.91 Å². The van der Waals surface area contributed by atoms with Gasteiger partial charge in [-0.25, -0.2) is 4.90 Å². The number of para-hydroxylation sites is 3. The van der Waals surface area contributed by atoms with E-state index in [1.54, 1.807) is 30.3 Å². The number of imide groups is 1. The van der Waals surface area contributed by atoms with Crippen molar-refractivity contribution in [1.82, 2.24) is 0 Å². The van der Waals surface area contributed by atoms with Crippen molar-refractivity contribution in [3.63, 3.8) is 0 Å². The Morgan fingerprint density at radius 3 is 2.50 bits per heavy atom. The van der Waals surface area contributed by atoms with Crippen molar-refractivity contribution in [2.45, 2.75) is 19.4 Å². The Morgan fingerprint density at radius 1 is 1.09 bits per heavy atom. The lowest BCUT2D eigenvalue weighted by Gasteiger charge is -2.18. The van der Waals surface area contributed by atoms with E-state index >= 15 is 0 Å². The Bertz CT molecular complexity index is 742. The molecule has 5 heteroatoms. The second-order valence-corrected chi connectivity index (χ2v) is 5.27. The highest BCUT2D eigenvalue weighted by atomic mass is 16.3. The highest BCUT2D eigenvalue weighted by Crippen LogP contribution is 2.29. The maximum atomic E-state index is 12.5. The second kappa shape index (κ2) is 5.52. The SMILES string of the molecule is Cc1ccccc1N1C(=O)CC(Nc2ccccc2O)C1=O. The largest absolute Gasteiger partial charge is 0.506 e. The van der Waals surface area contributed by atoms with E-state index in [1.807, 2.05) is 19.1 Å².